The van der Waals surface area contributed by atoms with Crippen LogP contribution in [0, 0.1) is 11.3 Å². The largest absolute Gasteiger partial charge is 0.303 e. The number of hydrogen-bond acceptors (Lipinski definition) is 1. The van der Waals surface area contributed by atoms with Gasteiger partial charge in [-0.2, -0.15) is 0 Å². The third-order valence-electron chi connectivity index (χ3n) is 1.96. The molecular formula is C9H16O. The molecule has 0 unspecified atom stereocenters. The minimum atomic E-state index is -0.216. The maximum Gasteiger partial charge on any atom is 0.126 e. The van der Waals surface area contributed by atoms with E-state index >= 15 is 0 Å². The Hall–Kier alpha value is -0.590. The van der Waals surface area contributed by atoms with E-state index in [1.807, 2.05) is 26.8 Å². The van der Waals surface area contributed by atoms with Crippen molar-refractivity contribution in [3.63, 3.8) is 0 Å². The zero-order chi connectivity index (χ0) is 8.20. The van der Waals surface area contributed by atoms with Gasteiger partial charge in [0.1, 0.15) is 6.29 Å². The fraction of sp³-hybridized carbons (Fsp3) is 0.667. The van der Waals surface area contributed by atoms with Crippen LogP contribution in [0.15, 0.2) is 12.2 Å². The lowest BCUT2D eigenvalue weighted by Crippen LogP contribution is -2.21. The van der Waals surface area contributed by atoms with Gasteiger partial charge in [0, 0.05) is 5.41 Å². The number of hydrogen-bond donors (Lipinski definition) is 0. The molecule has 0 saturated carbocycles. The molecule has 0 fully saturated rings. The van der Waals surface area contributed by atoms with Gasteiger partial charge >= 0.3 is 0 Å². The maximum atomic E-state index is 10.5. The normalized spacial score (nSPS) is 15.6. The second-order valence-electron chi connectivity index (χ2n) is 3.25. The molecule has 0 saturated heterocycles. The molecule has 0 aromatic rings. The van der Waals surface area contributed by atoms with Crippen molar-refractivity contribution in [2.75, 3.05) is 0 Å². The van der Waals surface area contributed by atoms with Crippen LogP contribution >= 0.6 is 0 Å². The van der Waals surface area contributed by atoms with E-state index in [2.05, 4.69) is 13.0 Å². The lowest BCUT2D eigenvalue weighted by molar-refractivity contribution is -0.116. The Balaban J connectivity index is 4.16. The molecule has 0 aliphatic heterocycles. The number of carbonyl (C=O) groups is 1. The standard InChI is InChI=1S/C9H16O/c1-5-6-8(2)9(3,4)7-10/h5-8H,1-4H3/b6-5+/t8-/m0/s1. The van der Waals surface area contributed by atoms with Crippen LogP contribution in [-0.2, 0) is 4.79 Å². The molecule has 0 heterocycles. The Morgan fingerprint density at radius 3 is 2.20 bits per heavy atom. The Kier molecular flexibility index (Phi) is 3.34. The van der Waals surface area contributed by atoms with Gasteiger partial charge in [0.15, 0.2) is 0 Å². The zero-order valence-corrected chi connectivity index (χ0v) is 7.22. The summed E-state index contributed by atoms with van der Waals surface area (Å²) in [5.41, 5.74) is -0.216. The zero-order valence-electron chi connectivity index (χ0n) is 7.22. The number of carbonyl (C=O) groups excluding carboxylic acids is 1. The van der Waals surface area contributed by atoms with Crippen molar-refractivity contribution < 1.29 is 4.79 Å². The first kappa shape index (κ1) is 9.41. The van der Waals surface area contributed by atoms with Crippen molar-refractivity contribution >= 4 is 6.29 Å². The van der Waals surface area contributed by atoms with Crippen LogP contribution in [0.1, 0.15) is 27.7 Å². The van der Waals surface area contributed by atoms with E-state index in [1.165, 1.54) is 0 Å². The van der Waals surface area contributed by atoms with Crippen LogP contribution in [0.2, 0.25) is 0 Å². The number of aldehydes is 1. The Morgan fingerprint density at radius 2 is 1.90 bits per heavy atom. The highest BCUT2D eigenvalue weighted by molar-refractivity contribution is 5.58. The fourth-order valence-corrected chi connectivity index (χ4v) is 0.644. The Morgan fingerprint density at radius 1 is 1.40 bits per heavy atom. The third kappa shape index (κ3) is 2.34. The topological polar surface area (TPSA) is 17.1 Å². The van der Waals surface area contributed by atoms with E-state index in [0.717, 1.165) is 6.29 Å². The van der Waals surface area contributed by atoms with E-state index in [-0.39, 0.29) is 5.41 Å². The van der Waals surface area contributed by atoms with Gasteiger partial charge in [0.2, 0.25) is 0 Å². The molecule has 0 aromatic heterocycles. The van der Waals surface area contributed by atoms with Crippen LogP contribution in [0.25, 0.3) is 0 Å². The molecule has 1 nitrogen and oxygen atoms in total. The fourth-order valence-electron chi connectivity index (χ4n) is 0.644. The Labute approximate surface area is 63.1 Å². The van der Waals surface area contributed by atoms with Crippen LogP contribution in [-0.4, -0.2) is 6.29 Å². The minimum absolute atomic E-state index is 0.216. The average Bonchev–Trinajstić information content (AvgIpc) is 1.89. The van der Waals surface area contributed by atoms with Crippen LogP contribution in [0.3, 0.4) is 0 Å². The second-order valence-corrected chi connectivity index (χ2v) is 3.25. The van der Waals surface area contributed by atoms with Crippen LogP contribution in [0.4, 0.5) is 0 Å². The molecule has 0 aliphatic carbocycles. The van der Waals surface area contributed by atoms with Crippen molar-refractivity contribution in [3.05, 3.63) is 12.2 Å². The highest BCUT2D eigenvalue weighted by Crippen LogP contribution is 2.24. The summed E-state index contributed by atoms with van der Waals surface area (Å²) in [6, 6.07) is 0. The lowest BCUT2D eigenvalue weighted by atomic mass is 9.81. The summed E-state index contributed by atoms with van der Waals surface area (Å²) in [6.45, 7) is 7.92. The molecule has 1 atom stereocenters. The van der Waals surface area contributed by atoms with Gasteiger partial charge in [0.25, 0.3) is 0 Å². The highest BCUT2D eigenvalue weighted by atomic mass is 16.1. The van der Waals surface area contributed by atoms with Crippen molar-refractivity contribution in [1.82, 2.24) is 0 Å². The monoisotopic (exact) mass is 140 g/mol. The molecule has 0 N–H and O–H groups in total. The molecular weight excluding hydrogens is 124 g/mol. The maximum absolute atomic E-state index is 10.5. The summed E-state index contributed by atoms with van der Waals surface area (Å²) in [6.07, 6.45) is 5.04. The molecule has 0 radical (unpaired) electrons. The first-order valence-corrected chi connectivity index (χ1v) is 3.63. The molecule has 0 spiro atoms. The minimum Gasteiger partial charge on any atom is -0.303 e. The van der Waals surface area contributed by atoms with Gasteiger partial charge in [-0.15, -0.1) is 0 Å². The average molecular weight is 140 g/mol. The first-order valence-electron chi connectivity index (χ1n) is 3.63. The van der Waals surface area contributed by atoms with Gasteiger partial charge in [-0.1, -0.05) is 32.9 Å². The third-order valence-corrected chi connectivity index (χ3v) is 1.96. The van der Waals surface area contributed by atoms with Gasteiger partial charge in [-0.05, 0) is 12.8 Å². The lowest BCUT2D eigenvalue weighted by Gasteiger charge is -2.22. The molecule has 0 amide bonds. The van der Waals surface area contributed by atoms with Gasteiger partial charge in [0.05, 0.1) is 0 Å². The number of rotatable bonds is 3. The molecule has 0 aromatic carbocycles. The van der Waals surface area contributed by atoms with Crippen molar-refractivity contribution in [1.29, 1.82) is 0 Å². The first-order chi connectivity index (χ1) is 4.54. The number of allylic oxidation sites excluding steroid dienone is 2. The summed E-state index contributed by atoms with van der Waals surface area (Å²) >= 11 is 0. The quantitative estimate of drug-likeness (QED) is 0.434. The summed E-state index contributed by atoms with van der Waals surface area (Å²) in [7, 11) is 0. The SMILES string of the molecule is C/C=C/[C@H](C)C(C)(C)C=O. The molecule has 0 rings (SSSR count). The predicted octanol–water partition coefficient (Wildman–Crippen LogP) is 2.42. The van der Waals surface area contributed by atoms with Gasteiger partial charge in [-0.3, -0.25) is 0 Å². The van der Waals surface area contributed by atoms with E-state index in [1.54, 1.807) is 0 Å². The second kappa shape index (κ2) is 3.55. The van der Waals surface area contributed by atoms with Crippen molar-refractivity contribution in [2.24, 2.45) is 11.3 Å². The summed E-state index contributed by atoms with van der Waals surface area (Å²) < 4.78 is 0. The predicted molar refractivity (Wildman–Crippen MR) is 43.8 cm³/mol. The summed E-state index contributed by atoms with van der Waals surface area (Å²) in [4.78, 5) is 10.5. The highest BCUT2D eigenvalue weighted by Gasteiger charge is 2.22. The molecule has 0 aliphatic rings. The summed E-state index contributed by atoms with van der Waals surface area (Å²) in [5.74, 6) is 0.329. The van der Waals surface area contributed by atoms with Gasteiger partial charge < -0.3 is 4.79 Å². The van der Waals surface area contributed by atoms with Crippen molar-refractivity contribution in [3.8, 4) is 0 Å². The van der Waals surface area contributed by atoms with E-state index < -0.39 is 0 Å². The molecule has 0 bridgehead atoms. The summed E-state index contributed by atoms with van der Waals surface area (Å²) in [5, 5.41) is 0. The van der Waals surface area contributed by atoms with E-state index in [9.17, 15) is 4.79 Å². The Bertz CT molecular complexity index is 134. The van der Waals surface area contributed by atoms with Gasteiger partial charge in [-0.25, -0.2) is 0 Å². The van der Waals surface area contributed by atoms with Crippen molar-refractivity contribution in [2.45, 2.75) is 27.7 Å². The van der Waals surface area contributed by atoms with Crippen LogP contribution < -0.4 is 0 Å². The molecule has 58 valence electrons. The molecule has 10 heavy (non-hydrogen) atoms. The molecule has 1 heteroatoms. The van der Waals surface area contributed by atoms with E-state index in [0.29, 0.717) is 5.92 Å². The van der Waals surface area contributed by atoms with Crippen LogP contribution in [0.5, 0.6) is 0 Å². The van der Waals surface area contributed by atoms with E-state index in [4.69, 9.17) is 0 Å². The smallest absolute Gasteiger partial charge is 0.126 e.